The normalized spacial score (nSPS) is 13.1. The Balaban J connectivity index is 0.805. The lowest BCUT2D eigenvalue weighted by Crippen LogP contribution is -2.66. The second kappa shape index (κ2) is 27.7. The fourth-order valence-corrected chi connectivity index (χ4v) is 20.0. The Morgan fingerprint density at radius 3 is 1.13 bits per heavy atom. The van der Waals surface area contributed by atoms with Gasteiger partial charge in [-0.05, 0) is 182 Å². The van der Waals surface area contributed by atoms with Crippen LogP contribution in [0.4, 0.5) is 102 Å². The van der Waals surface area contributed by atoms with Crippen LogP contribution in [0.15, 0.2) is 431 Å². The first-order valence-electron chi connectivity index (χ1n) is 41.0. The van der Waals surface area contributed by atoms with Gasteiger partial charge in [-0.15, -0.1) is 0 Å². The lowest BCUT2D eigenvalue weighted by molar-refractivity contribution is 0.469. The molecule has 8 nitrogen and oxygen atoms in total. The molecule has 0 aliphatic carbocycles. The van der Waals surface area contributed by atoms with Crippen molar-refractivity contribution in [3.63, 3.8) is 0 Å². The molecule has 0 saturated carbocycles. The standard InChI is InChI=1S/C108H71B3N6O2/c1-9-37-72(38-10-1)82-53-25-31-59-90(82)113(77-47-19-6-20-48-77)80-65-97-104-98(66-80)116(91-60-32-26-54-83(91)73-39-11-2-12-40-73)94-63-35-28-56-85(94)109(104)88-69-89-96(70-95(88)115(97)79-51-23-8-24-52-79)117(92-61-33-27-55-84(92)74-41-13-3-14-42-74)100-71-103-107(108-106(100)110(89)87-58-30-36-64-101(87)119-108)111-86-57-29-34-62-93(86)114(78-49-21-7-22-50-78)99-67-81(68-102(118-103)105(99)111)112(75-43-15-4-16-44-75)76-45-17-5-18-46-76/h1-71H. The topological polar surface area (TPSA) is 37.9 Å². The van der Waals surface area contributed by atoms with Crippen molar-refractivity contribution in [3.8, 4) is 56.4 Å². The monoisotopic (exact) mass is 1520 g/mol. The summed E-state index contributed by atoms with van der Waals surface area (Å²) in [5.74, 6) is 3.10. The van der Waals surface area contributed by atoms with Crippen LogP contribution in [0.3, 0.4) is 0 Å². The van der Waals surface area contributed by atoms with Crippen LogP contribution >= 0.6 is 0 Å². The van der Waals surface area contributed by atoms with E-state index in [0.717, 1.165) is 192 Å². The molecule has 0 unspecified atom stereocenters. The number of benzene rings is 18. The summed E-state index contributed by atoms with van der Waals surface area (Å²) in [6, 6.07) is 158. The van der Waals surface area contributed by atoms with Crippen LogP contribution in [0.2, 0.25) is 0 Å². The molecule has 18 aromatic carbocycles. The molecule has 0 amide bonds. The first-order valence-corrected chi connectivity index (χ1v) is 41.0. The summed E-state index contributed by atoms with van der Waals surface area (Å²) in [6.45, 7) is -1.000. The van der Waals surface area contributed by atoms with E-state index in [1.165, 1.54) is 16.4 Å². The van der Waals surface area contributed by atoms with Crippen LogP contribution in [0.25, 0.3) is 33.4 Å². The largest absolute Gasteiger partial charge is 0.459 e. The quantitative estimate of drug-likeness (QED) is 0.106. The molecule has 0 fully saturated rings. The highest BCUT2D eigenvalue weighted by molar-refractivity contribution is 7.04. The fourth-order valence-electron chi connectivity index (χ4n) is 20.0. The van der Waals surface area contributed by atoms with E-state index < -0.39 is 0 Å². The third-order valence-corrected chi connectivity index (χ3v) is 24.8. The summed E-state index contributed by atoms with van der Waals surface area (Å²) in [4.78, 5) is 15.0. The molecule has 554 valence electrons. The maximum atomic E-state index is 8.04. The zero-order valence-corrected chi connectivity index (χ0v) is 64.7. The zero-order valence-electron chi connectivity index (χ0n) is 64.7. The zero-order chi connectivity index (χ0) is 78.2. The van der Waals surface area contributed by atoms with Crippen molar-refractivity contribution in [1.82, 2.24) is 0 Å². The molecular formula is C108H71B3N6O2. The number of hydrogen-bond acceptors (Lipinski definition) is 8. The van der Waals surface area contributed by atoms with Gasteiger partial charge in [-0.2, -0.15) is 0 Å². The Kier molecular flexibility index (Phi) is 15.8. The van der Waals surface area contributed by atoms with Gasteiger partial charge < -0.3 is 38.9 Å². The van der Waals surface area contributed by atoms with E-state index in [1.54, 1.807) is 0 Å². The first-order chi connectivity index (χ1) is 59.1. The van der Waals surface area contributed by atoms with Crippen molar-refractivity contribution >= 4 is 172 Å². The average molecular weight is 1520 g/mol. The van der Waals surface area contributed by atoms with E-state index in [-0.39, 0.29) is 20.1 Å². The molecular weight excluding hydrogens is 1450 g/mol. The average Bonchev–Trinajstić information content (AvgIpc) is 0.678. The third-order valence-electron chi connectivity index (χ3n) is 24.8. The van der Waals surface area contributed by atoms with Crippen LogP contribution in [0.1, 0.15) is 0 Å². The number of rotatable bonds is 13. The number of ether oxygens (including phenoxy) is 2. The van der Waals surface area contributed by atoms with Crippen LogP contribution < -0.4 is 88.0 Å². The SMILES string of the molecule is c1ccc(-c2ccccc2N(c2ccccc2)c2cc3c4c(c2)N(c2ccccc2-c2ccccc2)c2ccccc2B4c2cc4c(cc2N3c2ccccc2)N(c2ccccc2-c2ccccc2)c2cc3c(c5c2B4c2ccccc2O5)B2c4ccccc4N(c4ccccc4)c4cc(N(c5ccccc5)c5ccccc5)cc(c42)O3)cc1. The number of para-hydroxylation sites is 11. The summed E-state index contributed by atoms with van der Waals surface area (Å²) >= 11 is 0. The van der Waals surface area contributed by atoms with Gasteiger partial charge in [0.15, 0.2) is 0 Å². The van der Waals surface area contributed by atoms with Crippen molar-refractivity contribution < 1.29 is 9.47 Å². The smallest absolute Gasteiger partial charge is 0.261 e. The minimum atomic E-state index is -0.352. The lowest BCUT2D eigenvalue weighted by Gasteiger charge is -2.47. The predicted octanol–water partition coefficient (Wildman–Crippen LogP) is 22.5. The molecule has 0 atom stereocenters. The molecule has 11 heteroatoms. The van der Waals surface area contributed by atoms with E-state index in [4.69, 9.17) is 9.47 Å². The van der Waals surface area contributed by atoms with E-state index >= 15 is 0 Å². The van der Waals surface area contributed by atoms with Crippen molar-refractivity contribution in [1.29, 1.82) is 0 Å². The highest BCUT2D eigenvalue weighted by Crippen LogP contribution is 2.55. The van der Waals surface area contributed by atoms with Gasteiger partial charge in [0.25, 0.3) is 20.1 Å². The minimum Gasteiger partial charge on any atom is -0.459 e. The van der Waals surface area contributed by atoms with Crippen LogP contribution in [-0.2, 0) is 0 Å². The van der Waals surface area contributed by atoms with Gasteiger partial charge in [-0.1, -0.05) is 297 Å². The Labute approximate surface area is 693 Å². The second-order valence-corrected chi connectivity index (χ2v) is 31.3. The van der Waals surface area contributed by atoms with Gasteiger partial charge in [0.05, 0.1) is 28.4 Å². The molecule has 18 aromatic rings. The third kappa shape index (κ3) is 10.8. The molecule has 6 aliphatic heterocycles. The van der Waals surface area contributed by atoms with Crippen LogP contribution in [-0.4, -0.2) is 20.1 Å². The van der Waals surface area contributed by atoms with Gasteiger partial charge in [0.2, 0.25) is 0 Å². The van der Waals surface area contributed by atoms with E-state index in [0.29, 0.717) is 0 Å². The molecule has 0 radical (unpaired) electrons. The second-order valence-electron chi connectivity index (χ2n) is 31.3. The highest BCUT2D eigenvalue weighted by Gasteiger charge is 2.53. The van der Waals surface area contributed by atoms with Crippen molar-refractivity contribution in [3.05, 3.63) is 431 Å². The number of hydrogen-bond donors (Lipinski definition) is 0. The maximum Gasteiger partial charge on any atom is 0.261 e. The molecule has 119 heavy (non-hydrogen) atoms. The number of anilines is 18. The fraction of sp³-hybridized carbons (Fsp3) is 0. The van der Waals surface area contributed by atoms with Crippen LogP contribution in [0.5, 0.6) is 23.0 Å². The maximum absolute atomic E-state index is 8.04. The molecule has 6 aliphatic rings. The van der Waals surface area contributed by atoms with Gasteiger partial charge in [0, 0.05) is 108 Å². The van der Waals surface area contributed by atoms with Crippen molar-refractivity contribution in [2.45, 2.75) is 0 Å². The van der Waals surface area contributed by atoms with Gasteiger partial charge >= 0.3 is 0 Å². The van der Waals surface area contributed by atoms with E-state index in [1.807, 2.05) is 0 Å². The van der Waals surface area contributed by atoms with E-state index in [9.17, 15) is 0 Å². The minimum absolute atomic E-state index is 0.295. The molecule has 24 rings (SSSR count). The Morgan fingerprint density at radius 1 is 0.193 bits per heavy atom. The van der Waals surface area contributed by atoms with Crippen molar-refractivity contribution in [2.24, 2.45) is 0 Å². The van der Waals surface area contributed by atoms with Crippen LogP contribution in [0, 0.1) is 0 Å². The van der Waals surface area contributed by atoms with Crippen molar-refractivity contribution in [2.75, 3.05) is 29.4 Å². The van der Waals surface area contributed by atoms with Gasteiger partial charge in [-0.25, -0.2) is 0 Å². The highest BCUT2D eigenvalue weighted by atomic mass is 16.5. The Bertz CT molecular complexity index is 7010. The van der Waals surface area contributed by atoms with Gasteiger partial charge in [-0.3, -0.25) is 0 Å². The molecule has 0 saturated heterocycles. The summed E-state index contributed by atoms with van der Waals surface area (Å²) in [5.41, 5.74) is 35.5. The molecule has 0 spiro atoms. The summed E-state index contributed by atoms with van der Waals surface area (Å²) < 4.78 is 16.0. The summed E-state index contributed by atoms with van der Waals surface area (Å²) in [6.07, 6.45) is 0. The Morgan fingerprint density at radius 2 is 0.563 bits per heavy atom. The van der Waals surface area contributed by atoms with Gasteiger partial charge in [0.1, 0.15) is 23.0 Å². The summed E-state index contributed by atoms with van der Waals surface area (Å²) in [7, 11) is 0. The first kappa shape index (κ1) is 68.0. The number of nitrogens with zero attached hydrogens (tertiary/aromatic N) is 6. The summed E-state index contributed by atoms with van der Waals surface area (Å²) in [5, 5.41) is 0. The molecule has 0 N–H and O–H groups in total. The number of fused-ring (bicyclic) bond motifs is 13. The lowest BCUT2D eigenvalue weighted by atomic mass is 9.29. The molecule has 0 bridgehead atoms. The molecule has 0 aromatic heterocycles. The van der Waals surface area contributed by atoms with E-state index in [2.05, 4.69) is 460 Å². The predicted molar refractivity (Wildman–Crippen MR) is 498 cm³/mol. The molecule has 6 heterocycles. The Hall–Kier alpha value is -15.4.